The molecule has 1 heterocycles. The first kappa shape index (κ1) is 27.0. The zero-order chi connectivity index (χ0) is 26.0. The standard InChI is InChI=1S/C26H20BrCl4N3O2/c1-3-14(2)25-33-23-7-5-17(27)11-18(23)26(35)34(25)32-12-16-9-21(30)24(22(31)10-16)36-13-15-4-6-19(28)20(29)8-15/h4-12,14H,3,13H2,1-2H3/t14-/m0/s1. The Hall–Kier alpha value is -2.09. The highest BCUT2D eigenvalue weighted by molar-refractivity contribution is 9.10. The Morgan fingerprint density at radius 2 is 1.75 bits per heavy atom. The molecule has 0 amide bonds. The quantitative estimate of drug-likeness (QED) is 0.193. The van der Waals surface area contributed by atoms with E-state index < -0.39 is 0 Å². The smallest absolute Gasteiger partial charge is 0.282 e. The third-order valence-corrected chi connectivity index (χ3v) is 7.39. The van der Waals surface area contributed by atoms with Crippen LogP contribution in [0, 0.1) is 0 Å². The van der Waals surface area contributed by atoms with Crippen molar-refractivity contribution < 1.29 is 4.74 Å². The van der Waals surface area contributed by atoms with Gasteiger partial charge >= 0.3 is 0 Å². The second-order valence-corrected chi connectivity index (χ2v) is 10.7. The fourth-order valence-electron chi connectivity index (χ4n) is 3.48. The normalized spacial score (nSPS) is 12.4. The number of hydrogen-bond donors (Lipinski definition) is 0. The van der Waals surface area contributed by atoms with Crippen molar-refractivity contribution in [1.82, 2.24) is 9.66 Å². The molecular weight excluding hydrogens is 608 g/mol. The van der Waals surface area contributed by atoms with Gasteiger partial charge in [-0.15, -0.1) is 0 Å². The Bertz CT molecular complexity index is 1520. The van der Waals surface area contributed by atoms with E-state index in [0.717, 1.165) is 16.5 Å². The van der Waals surface area contributed by atoms with E-state index in [0.29, 0.717) is 48.1 Å². The molecule has 1 atom stereocenters. The molecule has 0 fully saturated rings. The summed E-state index contributed by atoms with van der Waals surface area (Å²) in [6.07, 6.45) is 2.33. The lowest BCUT2D eigenvalue weighted by Gasteiger charge is -2.14. The van der Waals surface area contributed by atoms with Gasteiger partial charge in [0.15, 0.2) is 5.75 Å². The van der Waals surface area contributed by atoms with E-state index >= 15 is 0 Å². The molecular formula is C26H20BrCl4N3O2. The van der Waals surface area contributed by atoms with Gasteiger partial charge in [0.25, 0.3) is 5.56 Å². The molecule has 0 N–H and O–H groups in total. The average molecular weight is 628 g/mol. The molecule has 4 rings (SSSR count). The molecule has 5 nitrogen and oxygen atoms in total. The van der Waals surface area contributed by atoms with E-state index in [1.165, 1.54) is 10.9 Å². The lowest BCUT2D eigenvalue weighted by Crippen LogP contribution is -2.23. The number of benzene rings is 3. The predicted octanol–water partition coefficient (Wildman–Crippen LogP) is 8.75. The van der Waals surface area contributed by atoms with Crippen molar-refractivity contribution in [1.29, 1.82) is 0 Å². The highest BCUT2D eigenvalue weighted by Gasteiger charge is 2.16. The maximum Gasteiger partial charge on any atom is 0.282 e. The molecule has 0 unspecified atom stereocenters. The summed E-state index contributed by atoms with van der Waals surface area (Å²) in [5.74, 6) is 0.927. The van der Waals surface area contributed by atoms with Crippen molar-refractivity contribution >= 4 is 79.5 Å². The van der Waals surface area contributed by atoms with Gasteiger partial charge in [0.1, 0.15) is 12.4 Å². The van der Waals surface area contributed by atoms with E-state index in [1.807, 2.05) is 26.0 Å². The minimum absolute atomic E-state index is 0.0206. The molecule has 1 aromatic heterocycles. The molecule has 0 saturated carbocycles. The van der Waals surface area contributed by atoms with Crippen molar-refractivity contribution in [2.45, 2.75) is 32.8 Å². The van der Waals surface area contributed by atoms with Crippen molar-refractivity contribution in [2.24, 2.45) is 5.10 Å². The maximum atomic E-state index is 13.3. The van der Waals surface area contributed by atoms with Gasteiger partial charge in [0.05, 0.1) is 37.2 Å². The van der Waals surface area contributed by atoms with Gasteiger partial charge in [-0.3, -0.25) is 4.79 Å². The zero-order valence-corrected chi connectivity index (χ0v) is 23.8. The lowest BCUT2D eigenvalue weighted by atomic mass is 10.1. The predicted molar refractivity (Wildman–Crippen MR) is 153 cm³/mol. The zero-order valence-electron chi connectivity index (χ0n) is 19.2. The van der Waals surface area contributed by atoms with Crippen LogP contribution in [0.5, 0.6) is 5.75 Å². The van der Waals surface area contributed by atoms with Gasteiger partial charge in [-0.2, -0.15) is 9.78 Å². The van der Waals surface area contributed by atoms with Crippen LogP contribution in [0.4, 0.5) is 0 Å². The van der Waals surface area contributed by atoms with Crippen molar-refractivity contribution in [3.63, 3.8) is 0 Å². The average Bonchev–Trinajstić information content (AvgIpc) is 2.84. The summed E-state index contributed by atoms with van der Waals surface area (Å²) < 4.78 is 7.95. The molecule has 3 aromatic carbocycles. The van der Waals surface area contributed by atoms with Crippen LogP contribution in [0.15, 0.2) is 62.9 Å². The topological polar surface area (TPSA) is 56.5 Å². The van der Waals surface area contributed by atoms with Crippen molar-refractivity contribution in [3.05, 3.63) is 100 Å². The van der Waals surface area contributed by atoms with Gasteiger partial charge in [-0.1, -0.05) is 82.2 Å². The summed E-state index contributed by atoms with van der Waals surface area (Å²) in [5, 5.41) is 6.44. The van der Waals surface area contributed by atoms with Gasteiger partial charge in [-0.05, 0) is 60.0 Å². The number of hydrogen-bond acceptors (Lipinski definition) is 4. The summed E-state index contributed by atoms with van der Waals surface area (Å²) in [5.41, 5.74) is 1.78. The van der Waals surface area contributed by atoms with Gasteiger partial charge in [0.2, 0.25) is 0 Å². The van der Waals surface area contributed by atoms with Crippen LogP contribution < -0.4 is 10.3 Å². The summed E-state index contributed by atoms with van der Waals surface area (Å²) in [4.78, 5) is 18.0. The Morgan fingerprint density at radius 3 is 2.42 bits per heavy atom. The Kier molecular flexibility index (Phi) is 8.63. The van der Waals surface area contributed by atoms with Crippen LogP contribution in [0.25, 0.3) is 10.9 Å². The Labute approximate surface area is 236 Å². The van der Waals surface area contributed by atoms with E-state index in [1.54, 1.807) is 36.4 Å². The Balaban J connectivity index is 1.66. The van der Waals surface area contributed by atoms with E-state index in [-0.39, 0.29) is 18.1 Å². The largest absolute Gasteiger partial charge is 0.486 e. The molecule has 10 heteroatoms. The monoisotopic (exact) mass is 625 g/mol. The number of ether oxygens (including phenoxy) is 1. The molecule has 0 bridgehead atoms. The first-order valence-corrected chi connectivity index (χ1v) is 13.3. The number of halogens is 5. The molecule has 0 aliphatic rings. The molecule has 0 aliphatic heterocycles. The highest BCUT2D eigenvalue weighted by Crippen LogP contribution is 2.35. The molecule has 0 aliphatic carbocycles. The second kappa shape index (κ2) is 11.5. The van der Waals surface area contributed by atoms with Gasteiger partial charge in [-0.25, -0.2) is 4.98 Å². The number of nitrogens with zero attached hydrogens (tertiary/aromatic N) is 3. The van der Waals surface area contributed by atoms with Gasteiger partial charge < -0.3 is 4.74 Å². The maximum absolute atomic E-state index is 13.3. The number of rotatable bonds is 7. The van der Waals surface area contributed by atoms with E-state index in [9.17, 15) is 4.79 Å². The summed E-state index contributed by atoms with van der Waals surface area (Å²) in [6.45, 7) is 4.24. The minimum atomic E-state index is -0.258. The number of fused-ring (bicyclic) bond motifs is 1. The van der Waals surface area contributed by atoms with Crippen LogP contribution in [0.3, 0.4) is 0 Å². The highest BCUT2D eigenvalue weighted by atomic mass is 79.9. The van der Waals surface area contributed by atoms with Crippen molar-refractivity contribution in [3.8, 4) is 5.75 Å². The molecule has 0 saturated heterocycles. The molecule has 0 radical (unpaired) electrons. The molecule has 4 aromatic rings. The fraction of sp³-hybridized carbons (Fsp3) is 0.192. The van der Waals surface area contributed by atoms with Crippen LogP contribution in [-0.4, -0.2) is 15.9 Å². The fourth-order valence-corrected chi connectivity index (χ4v) is 4.78. The van der Waals surface area contributed by atoms with Crippen LogP contribution >= 0.6 is 62.3 Å². The minimum Gasteiger partial charge on any atom is -0.486 e. The summed E-state index contributed by atoms with van der Waals surface area (Å²) in [7, 11) is 0. The third kappa shape index (κ3) is 5.90. The SMILES string of the molecule is CC[C@H](C)c1nc2ccc(Br)cc2c(=O)n1N=Cc1cc(Cl)c(OCc2ccc(Cl)c(Cl)c2)c(Cl)c1. The first-order chi connectivity index (χ1) is 17.2. The Morgan fingerprint density at radius 1 is 1.03 bits per heavy atom. The summed E-state index contributed by atoms with van der Waals surface area (Å²) in [6, 6.07) is 14.0. The summed E-state index contributed by atoms with van der Waals surface area (Å²) >= 11 is 28.4. The number of aromatic nitrogens is 2. The lowest BCUT2D eigenvalue weighted by molar-refractivity contribution is 0.306. The van der Waals surface area contributed by atoms with Gasteiger partial charge in [0, 0.05) is 10.4 Å². The third-order valence-electron chi connectivity index (χ3n) is 5.60. The van der Waals surface area contributed by atoms with Crippen LogP contribution in [0.2, 0.25) is 20.1 Å². The van der Waals surface area contributed by atoms with E-state index in [2.05, 4.69) is 21.0 Å². The molecule has 186 valence electrons. The first-order valence-electron chi connectivity index (χ1n) is 11.0. The van der Waals surface area contributed by atoms with Crippen LogP contribution in [0.1, 0.15) is 43.1 Å². The molecule has 0 spiro atoms. The van der Waals surface area contributed by atoms with Crippen molar-refractivity contribution in [2.75, 3.05) is 0 Å². The molecule has 36 heavy (non-hydrogen) atoms. The second-order valence-electron chi connectivity index (χ2n) is 8.15. The van der Waals surface area contributed by atoms with E-state index in [4.69, 9.17) is 56.1 Å². The van der Waals surface area contributed by atoms with Crippen LogP contribution in [-0.2, 0) is 6.61 Å².